The fraction of sp³-hybridized carbons (Fsp3) is 0.200. The number of nitrogens with one attached hydrogen (secondary N) is 2. The molecule has 0 bridgehead atoms. The van der Waals surface area contributed by atoms with Crippen molar-refractivity contribution >= 4 is 52.9 Å². The van der Waals surface area contributed by atoms with Crippen molar-refractivity contribution in [1.29, 1.82) is 0 Å². The molecule has 2 amide bonds. The van der Waals surface area contributed by atoms with Gasteiger partial charge in [0, 0.05) is 18.3 Å². The predicted octanol–water partition coefficient (Wildman–Crippen LogP) is 4.14. The molecule has 2 N–H and O–H groups in total. The van der Waals surface area contributed by atoms with E-state index < -0.39 is 0 Å². The van der Waals surface area contributed by atoms with Gasteiger partial charge in [-0.25, -0.2) is 4.68 Å². The molecule has 0 atom stereocenters. The largest absolute Gasteiger partial charge is 0.345 e. The van der Waals surface area contributed by atoms with Gasteiger partial charge in [-0.2, -0.15) is 5.10 Å². The number of benzene rings is 2. The minimum absolute atomic E-state index is 0.0847. The van der Waals surface area contributed by atoms with Gasteiger partial charge in [-0.1, -0.05) is 41.4 Å². The summed E-state index contributed by atoms with van der Waals surface area (Å²) in [6.07, 6.45) is 0. The summed E-state index contributed by atoms with van der Waals surface area (Å²) in [5, 5.41) is 10.7. The van der Waals surface area contributed by atoms with Gasteiger partial charge in [0.15, 0.2) is 10.6 Å². The molecule has 156 valence electrons. The molecule has 2 aromatic carbocycles. The van der Waals surface area contributed by atoms with Gasteiger partial charge in [-0.05, 0) is 49.0 Å². The Labute approximate surface area is 188 Å². The van der Waals surface area contributed by atoms with Gasteiger partial charge in [-0.3, -0.25) is 9.59 Å². The van der Waals surface area contributed by atoms with Crippen LogP contribution in [0.1, 0.15) is 21.7 Å². The molecule has 7 nitrogen and oxygen atoms in total. The highest BCUT2D eigenvalue weighted by Crippen LogP contribution is 2.25. The predicted molar refractivity (Wildman–Crippen MR) is 119 cm³/mol. The normalized spacial score (nSPS) is 10.7. The van der Waals surface area contributed by atoms with E-state index in [-0.39, 0.29) is 24.9 Å². The molecule has 0 unspecified atom stereocenters. The molecule has 3 rings (SSSR count). The van der Waals surface area contributed by atoms with Crippen molar-refractivity contribution in [3.05, 3.63) is 74.2 Å². The average Bonchev–Trinajstić information content (AvgIpc) is 2.97. The number of anilines is 1. The lowest BCUT2D eigenvalue weighted by molar-refractivity contribution is -0.116. The zero-order valence-corrected chi connectivity index (χ0v) is 18.6. The van der Waals surface area contributed by atoms with Crippen molar-refractivity contribution in [3.8, 4) is 0 Å². The molecule has 0 radical (unpaired) electrons. The number of aromatic nitrogens is 3. The Morgan fingerprint density at radius 1 is 1.13 bits per heavy atom. The van der Waals surface area contributed by atoms with Gasteiger partial charge in [-0.15, -0.1) is 0 Å². The van der Waals surface area contributed by atoms with Crippen LogP contribution in [0.4, 0.5) is 5.69 Å². The van der Waals surface area contributed by atoms with Crippen LogP contribution in [0.3, 0.4) is 0 Å². The summed E-state index contributed by atoms with van der Waals surface area (Å²) in [6, 6.07) is 12.1. The van der Waals surface area contributed by atoms with Gasteiger partial charge >= 0.3 is 0 Å². The lowest BCUT2D eigenvalue weighted by Crippen LogP contribution is -2.25. The van der Waals surface area contributed by atoms with E-state index in [0.717, 1.165) is 5.56 Å². The Kier molecular flexibility index (Phi) is 6.91. The van der Waals surface area contributed by atoms with Crippen molar-refractivity contribution in [2.24, 2.45) is 7.05 Å². The van der Waals surface area contributed by atoms with Crippen molar-refractivity contribution in [3.63, 3.8) is 0 Å². The third-order valence-corrected chi connectivity index (χ3v) is 5.65. The van der Waals surface area contributed by atoms with Crippen molar-refractivity contribution in [2.45, 2.75) is 20.0 Å². The minimum atomic E-state index is -0.321. The first-order valence-electron chi connectivity index (χ1n) is 8.97. The van der Waals surface area contributed by atoms with Gasteiger partial charge in [0.05, 0.1) is 16.6 Å². The number of halogens is 2. The summed E-state index contributed by atoms with van der Waals surface area (Å²) in [7, 11) is 1.73. The number of aryl methyl sites for hydroxylation is 1. The smallest absolute Gasteiger partial charge is 0.251 e. The molecule has 0 spiro atoms. The molecule has 0 aliphatic carbocycles. The maximum Gasteiger partial charge on any atom is 0.251 e. The molecule has 1 aromatic heterocycles. The molecular weight excluding hydrogens is 445 g/mol. The van der Waals surface area contributed by atoms with E-state index in [1.54, 1.807) is 35.9 Å². The van der Waals surface area contributed by atoms with Crippen LogP contribution >= 0.6 is 35.4 Å². The Balaban J connectivity index is 1.66. The summed E-state index contributed by atoms with van der Waals surface area (Å²) in [5.74, 6) is 0.00767. The SMILES string of the molecule is Cc1ccccc1C(=O)NCc1nn(CC(=O)Nc2ccc(Cl)c(Cl)c2)c(=S)n1C. The Morgan fingerprint density at radius 3 is 2.57 bits per heavy atom. The number of hydrogen-bond donors (Lipinski definition) is 2. The summed E-state index contributed by atoms with van der Waals surface area (Å²) < 4.78 is 3.41. The fourth-order valence-corrected chi connectivity index (χ4v) is 3.29. The maximum absolute atomic E-state index is 12.4. The van der Waals surface area contributed by atoms with Crippen LogP contribution in [0.25, 0.3) is 0 Å². The summed E-state index contributed by atoms with van der Waals surface area (Å²) >= 11 is 17.2. The van der Waals surface area contributed by atoms with E-state index in [0.29, 0.717) is 31.9 Å². The second-order valence-corrected chi connectivity index (χ2v) is 7.77. The maximum atomic E-state index is 12.4. The van der Waals surface area contributed by atoms with Crippen LogP contribution in [-0.2, 0) is 24.9 Å². The lowest BCUT2D eigenvalue weighted by Gasteiger charge is -2.07. The standard InChI is InChI=1S/C20H19Cl2N5O2S/c1-12-5-3-4-6-14(12)19(29)23-10-17-25-27(20(30)26(17)2)11-18(28)24-13-7-8-15(21)16(22)9-13/h3-9H,10-11H2,1-2H3,(H,23,29)(H,24,28). The van der Waals surface area contributed by atoms with E-state index in [4.69, 9.17) is 35.4 Å². The van der Waals surface area contributed by atoms with Gasteiger partial charge in [0.25, 0.3) is 5.91 Å². The van der Waals surface area contributed by atoms with Gasteiger partial charge in [0.1, 0.15) is 6.54 Å². The van der Waals surface area contributed by atoms with Crippen LogP contribution in [0.5, 0.6) is 0 Å². The van der Waals surface area contributed by atoms with Crippen molar-refractivity contribution in [1.82, 2.24) is 19.7 Å². The number of carbonyl (C=O) groups is 2. The van der Waals surface area contributed by atoms with Crippen LogP contribution in [0, 0.1) is 11.7 Å². The molecular formula is C20H19Cl2N5O2S. The third-order valence-electron chi connectivity index (χ3n) is 4.42. The highest BCUT2D eigenvalue weighted by atomic mass is 35.5. The van der Waals surface area contributed by atoms with E-state index >= 15 is 0 Å². The zero-order chi connectivity index (χ0) is 21.8. The summed E-state index contributed by atoms with van der Waals surface area (Å²) in [6.45, 7) is 1.96. The fourth-order valence-electron chi connectivity index (χ4n) is 2.78. The molecule has 0 aliphatic rings. The number of amides is 2. The molecule has 30 heavy (non-hydrogen) atoms. The van der Waals surface area contributed by atoms with Crippen LogP contribution in [0.15, 0.2) is 42.5 Å². The first kappa shape index (κ1) is 22.0. The second kappa shape index (κ2) is 9.42. The number of carbonyl (C=O) groups excluding carboxylic acids is 2. The minimum Gasteiger partial charge on any atom is -0.345 e. The molecule has 1 heterocycles. The highest BCUT2D eigenvalue weighted by Gasteiger charge is 2.14. The van der Waals surface area contributed by atoms with Gasteiger partial charge < -0.3 is 15.2 Å². The lowest BCUT2D eigenvalue weighted by atomic mass is 10.1. The molecule has 10 heteroatoms. The van der Waals surface area contributed by atoms with Crippen LogP contribution in [-0.4, -0.2) is 26.2 Å². The number of hydrogen-bond acceptors (Lipinski definition) is 4. The van der Waals surface area contributed by atoms with Crippen molar-refractivity contribution in [2.75, 3.05) is 5.32 Å². The summed E-state index contributed by atoms with van der Waals surface area (Å²) in [5.41, 5.74) is 1.99. The van der Waals surface area contributed by atoms with Crippen LogP contribution < -0.4 is 10.6 Å². The third kappa shape index (κ3) is 5.08. The first-order valence-corrected chi connectivity index (χ1v) is 10.1. The topological polar surface area (TPSA) is 80.9 Å². The Bertz CT molecular complexity index is 1170. The Morgan fingerprint density at radius 2 is 1.87 bits per heavy atom. The molecule has 0 saturated heterocycles. The number of rotatable bonds is 6. The molecule has 0 fully saturated rings. The van der Waals surface area contributed by atoms with Crippen molar-refractivity contribution < 1.29 is 9.59 Å². The van der Waals surface area contributed by atoms with E-state index in [9.17, 15) is 9.59 Å². The number of nitrogens with zero attached hydrogens (tertiary/aromatic N) is 3. The van der Waals surface area contributed by atoms with Crippen LogP contribution in [0.2, 0.25) is 10.0 Å². The second-order valence-electron chi connectivity index (χ2n) is 6.59. The Hall–Kier alpha value is -2.68. The molecule has 0 saturated carbocycles. The van der Waals surface area contributed by atoms with E-state index in [1.807, 2.05) is 25.1 Å². The molecule has 3 aromatic rings. The van der Waals surface area contributed by atoms with E-state index in [2.05, 4.69) is 15.7 Å². The monoisotopic (exact) mass is 463 g/mol. The highest BCUT2D eigenvalue weighted by molar-refractivity contribution is 7.71. The average molecular weight is 464 g/mol. The quantitative estimate of drug-likeness (QED) is 0.538. The van der Waals surface area contributed by atoms with E-state index in [1.165, 1.54) is 4.68 Å². The van der Waals surface area contributed by atoms with Gasteiger partial charge in [0.2, 0.25) is 5.91 Å². The molecule has 0 aliphatic heterocycles. The zero-order valence-electron chi connectivity index (χ0n) is 16.3. The summed E-state index contributed by atoms with van der Waals surface area (Å²) in [4.78, 5) is 24.8. The first-order chi connectivity index (χ1) is 14.3.